The predicted octanol–water partition coefficient (Wildman–Crippen LogP) is 3.04. The van der Waals surface area contributed by atoms with Crippen LogP contribution in [-0.2, 0) is 39.7 Å². The van der Waals surface area contributed by atoms with E-state index in [0.29, 0.717) is 0 Å². The summed E-state index contributed by atoms with van der Waals surface area (Å²) in [6, 6.07) is 9.24. The number of fused-ring (bicyclic) bond motifs is 1. The molecule has 2 aliphatic heterocycles. The SMILES string of the molecule is CC#C[C@@]1(C)[C@@H](COC(Cc2ccccc2)(C(C)=O)C(=O)OCC)O[C@@H]2OC(C)(C)O[C@@H]21. The maximum absolute atomic E-state index is 13.0. The second-order valence-electron chi connectivity index (χ2n) is 8.78. The van der Waals surface area contributed by atoms with Crippen LogP contribution in [0.5, 0.6) is 0 Å². The summed E-state index contributed by atoms with van der Waals surface area (Å²) in [4.78, 5) is 25.8. The maximum Gasteiger partial charge on any atom is 0.346 e. The molecule has 0 aliphatic carbocycles. The largest absolute Gasteiger partial charge is 0.463 e. The lowest BCUT2D eigenvalue weighted by Gasteiger charge is -2.34. The highest BCUT2D eigenvalue weighted by Gasteiger charge is 2.61. The smallest absolute Gasteiger partial charge is 0.346 e. The second-order valence-corrected chi connectivity index (χ2v) is 8.78. The van der Waals surface area contributed by atoms with Gasteiger partial charge in [-0.25, -0.2) is 4.79 Å². The predicted molar refractivity (Wildman–Crippen MR) is 116 cm³/mol. The summed E-state index contributed by atoms with van der Waals surface area (Å²) in [5.74, 6) is 4.19. The van der Waals surface area contributed by atoms with E-state index in [-0.39, 0.29) is 19.6 Å². The van der Waals surface area contributed by atoms with E-state index in [1.54, 1.807) is 13.8 Å². The second kappa shape index (κ2) is 9.32. The Bertz CT molecular complexity index is 900. The molecule has 1 unspecified atom stereocenters. The van der Waals surface area contributed by atoms with Gasteiger partial charge in [0.25, 0.3) is 0 Å². The van der Waals surface area contributed by atoms with Gasteiger partial charge >= 0.3 is 5.97 Å². The van der Waals surface area contributed by atoms with Crippen LogP contribution in [0, 0.1) is 17.3 Å². The van der Waals surface area contributed by atoms with E-state index in [0.717, 1.165) is 5.56 Å². The van der Waals surface area contributed by atoms with E-state index in [9.17, 15) is 9.59 Å². The van der Waals surface area contributed by atoms with Crippen LogP contribution >= 0.6 is 0 Å². The topological polar surface area (TPSA) is 80.3 Å². The average molecular weight is 445 g/mol. The fourth-order valence-electron chi connectivity index (χ4n) is 4.26. The summed E-state index contributed by atoms with van der Waals surface area (Å²) < 4.78 is 29.4. The minimum atomic E-state index is -1.79. The Kier molecular flexibility index (Phi) is 7.11. The fraction of sp³-hybridized carbons (Fsp3) is 0.600. The number of Topliss-reactive ketones (excluding diaryl/α,β-unsaturated/α-hetero) is 1. The van der Waals surface area contributed by atoms with Crippen molar-refractivity contribution in [3.63, 3.8) is 0 Å². The summed E-state index contributed by atoms with van der Waals surface area (Å²) in [6.45, 7) is 10.4. The van der Waals surface area contributed by atoms with Crippen LogP contribution in [0.15, 0.2) is 30.3 Å². The molecule has 2 saturated heterocycles. The third kappa shape index (κ3) is 4.60. The summed E-state index contributed by atoms with van der Waals surface area (Å²) in [7, 11) is 0. The normalized spacial score (nSPS) is 30.0. The Morgan fingerprint density at radius 3 is 2.44 bits per heavy atom. The van der Waals surface area contributed by atoms with Crippen molar-refractivity contribution in [3.05, 3.63) is 35.9 Å². The number of benzene rings is 1. The highest BCUT2D eigenvalue weighted by Crippen LogP contribution is 2.48. The first kappa shape index (κ1) is 24.4. The molecular weight excluding hydrogens is 412 g/mol. The molecule has 0 aromatic heterocycles. The molecule has 7 heteroatoms. The number of carbonyl (C=O) groups is 2. The van der Waals surface area contributed by atoms with Crippen molar-refractivity contribution in [1.82, 2.24) is 0 Å². The number of rotatable bonds is 8. The molecule has 2 fully saturated rings. The lowest BCUT2D eigenvalue weighted by Crippen LogP contribution is -2.53. The number of ketones is 1. The van der Waals surface area contributed by atoms with Gasteiger partial charge in [-0.05, 0) is 47.1 Å². The quantitative estimate of drug-likeness (QED) is 0.346. The minimum Gasteiger partial charge on any atom is -0.463 e. The maximum atomic E-state index is 13.0. The lowest BCUT2D eigenvalue weighted by molar-refractivity contribution is -0.224. The molecule has 7 nitrogen and oxygen atoms in total. The van der Waals surface area contributed by atoms with Crippen molar-refractivity contribution in [2.75, 3.05) is 13.2 Å². The van der Waals surface area contributed by atoms with Gasteiger partial charge in [0, 0.05) is 6.42 Å². The number of carbonyl (C=O) groups excluding carboxylic acids is 2. The van der Waals surface area contributed by atoms with Crippen LogP contribution in [0.4, 0.5) is 0 Å². The van der Waals surface area contributed by atoms with Crippen molar-refractivity contribution in [2.45, 2.75) is 77.8 Å². The molecule has 0 bridgehead atoms. The Hall–Kier alpha value is -2.24. The van der Waals surface area contributed by atoms with Crippen LogP contribution in [0.3, 0.4) is 0 Å². The van der Waals surface area contributed by atoms with Gasteiger partial charge in [-0.1, -0.05) is 36.3 Å². The first-order valence-corrected chi connectivity index (χ1v) is 10.9. The van der Waals surface area contributed by atoms with Gasteiger partial charge in [0.05, 0.1) is 18.6 Å². The number of hydrogen-bond acceptors (Lipinski definition) is 7. The minimum absolute atomic E-state index is 0.0534. The van der Waals surface area contributed by atoms with Gasteiger partial charge in [0.2, 0.25) is 5.60 Å². The van der Waals surface area contributed by atoms with E-state index in [1.807, 2.05) is 51.1 Å². The summed E-state index contributed by atoms with van der Waals surface area (Å²) in [5, 5.41) is 0. The van der Waals surface area contributed by atoms with Gasteiger partial charge in [0.15, 0.2) is 17.9 Å². The van der Waals surface area contributed by atoms with Gasteiger partial charge < -0.3 is 23.7 Å². The first-order valence-electron chi connectivity index (χ1n) is 10.9. The van der Waals surface area contributed by atoms with Crippen molar-refractivity contribution >= 4 is 11.8 Å². The molecule has 0 amide bonds. The van der Waals surface area contributed by atoms with Crippen LogP contribution in [0.2, 0.25) is 0 Å². The Labute approximate surface area is 189 Å². The zero-order valence-electron chi connectivity index (χ0n) is 19.6. The molecule has 0 N–H and O–H groups in total. The molecule has 2 aliphatic rings. The summed E-state index contributed by atoms with van der Waals surface area (Å²) in [6.07, 6.45) is -1.57. The number of hydrogen-bond donors (Lipinski definition) is 0. The van der Waals surface area contributed by atoms with Gasteiger partial charge in [-0.15, -0.1) is 5.92 Å². The zero-order chi connectivity index (χ0) is 23.6. The van der Waals surface area contributed by atoms with Crippen molar-refractivity contribution in [1.29, 1.82) is 0 Å². The molecule has 5 atom stereocenters. The third-order valence-corrected chi connectivity index (χ3v) is 5.96. The van der Waals surface area contributed by atoms with E-state index in [2.05, 4.69) is 11.8 Å². The molecule has 3 rings (SSSR count). The summed E-state index contributed by atoms with van der Waals surface area (Å²) in [5.41, 5.74) is -1.76. The standard InChI is InChI=1S/C25H32O7/c1-7-14-24(6)19(30-21-20(24)31-23(4,5)32-21)16-29-25(17(3)26,22(27)28-8-2)15-18-12-10-9-11-13-18/h9-13,19-21H,8,15-16H2,1-6H3/t19-,20+,21-,24+,25?/m1/s1. The Balaban J connectivity index is 1.88. The van der Waals surface area contributed by atoms with Gasteiger partial charge in [-0.3, -0.25) is 4.79 Å². The highest BCUT2D eigenvalue weighted by molar-refractivity contribution is 6.06. The van der Waals surface area contributed by atoms with E-state index < -0.39 is 47.1 Å². The van der Waals surface area contributed by atoms with Crippen LogP contribution < -0.4 is 0 Å². The fourth-order valence-corrected chi connectivity index (χ4v) is 4.26. The molecule has 1 aromatic rings. The van der Waals surface area contributed by atoms with Crippen molar-refractivity contribution < 1.29 is 33.3 Å². The molecule has 1 aromatic carbocycles. The van der Waals surface area contributed by atoms with Crippen LogP contribution in [-0.4, -0.2) is 54.9 Å². The number of esters is 1. The highest BCUT2D eigenvalue weighted by atomic mass is 16.8. The molecule has 0 spiro atoms. The zero-order valence-corrected chi connectivity index (χ0v) is 19.6. The number of ether oxygens (including phenoxy) is 5. The first-order chi connectivity index (χ1) is 15.1. The molecular formula is C25H32O7. The monoisotopic (exact) mass is 444 g/mol. The van der Waals surface area contributed by atoms with Crippen molar-refractivity contribution in [3.8, 4) is 11.8 Å². The molecule has 0 saturated carbocycles. The molecule has 2 heterocycles. The van der Waals surface area contributed by atoms with E-state index in [1.165, 1.54) is 6.92 Å². The van der Waals surface area contributed by atoms with Crippen LogP contribution in [0.1, 0.15) is 47.1 Å². The molecule has 174 valence electrons. The van der Waals surface area contributed by atoms with Gasteiger partial charge in [-0.2, -0.15) is 0 Å². The summed E-state index contributed by atoms with van der Waals surface area (Å²) >= 11 is 0. The molecule has 0 radical (unpaired) electrons. The average Bonchev–Trinajstić information content (AvgIpc) is 3.16. The van der Waals surface area contributed by atoms with Crippen LogP contribution in [0.25, 0.3) is 0 Å². The third-order valence-electron chi connectivity index (χ3n) is 5.96. The lowest BCUT2D eigenvalue weighted by atomic mass is 9.81. The Morgan fingerprint density at radius 1 is 1.16 bits per heavy atom. The van der Waals surface area contributed by atoms with E-state index in [4.69, 9.17) is 23.7 Å². The molecule has 32 heavy (non-hydrogen) atoms. The van der Waals surface area contributed by atoms with Gasteiger partial charge in [0.1, 0.15) is 12.2 Å². The van der Waals surface area contributed by atoms with Crippen molar-refractivity contribution in [2.24, 2.45) is 5.41 Å². The Morgan fingerprint density at radius 2 is 1.84 bits per heavy atom. The van der Waals surface area contributed by atoms with E-state index >= 15 is 0 Å².